The third-order valence-corrected chi connectivity index (χ3v) is 6.25. The van der Waals surface area contributed by atoms with Crippen molar-refractivity contribution in [1.29, 1.82) is 0 Å². The number of amides is 1. The topological polar surface area (TPSA) is 61.0 Å². The maximum Gasteiger partial charge on any atom is 0.253 e. The van der Waals surface area contributed by atoms with Gasteiger partial charge in [-0.15, -0.1) is 0 Å². The van der Waals surface area contributed by atoms with Crippen LogP contribution < -0.4 is 10.2 Å². The van der Waals surface area contributed by atoms with Crippen molar-refractivity contribution in [2.75, 3.05) is 16.8 Å². The van der Waals surface area contributed by atoms with Crippen molar-refractivity contribution in [3.8, 4) is 11.1 Å². The standard InChI is InChI=1S/C24H20N4O/c29-23-24(14-18-3-1-2-4-21(18)26-24)11-12-28(23)20-8-5-16(6-9-20)17-7-10-22-19(13-17)15-25-27-22/h1-10,13,15,26H,11-12,14H2,(H,25,27). The summed E-state index contributed by atoms with van der Waals surface area (Å²) in [5, 5.41) is 11.7. The Kier molecular flexibility index (Phi) is 3.36. The lowest BCUT2D eigenvalue weighted by molar-refractivity contribution is -0.120. The second kappa shape index (κ2) is 5.95. The first-order valence-corrected chi connectivity index (χ1v) is 9.94. The SMILES string of the molecule is O=C1N(c2ccc(-c3ccc4[nH]ncc4c3)cc2)CCC12Cc1ccccc1N2. The van der Waals surface area contributed by atoms with Crippen LogP contribution in [0.15, 0.2) is 72.9 Å². The fourth-order valence-corrected chi connectivity index (χ4v) is 4.68. The fourth-order valence-electron chi connectivity index (χ4n) is 4.68. The highest BCUT2D eigenvalue weighted by atomic mass is 16.2. The van der Waals surface area contributed by atoms with Gasteiger partial charge in [0.15, 0.2) is 0 Å². The molecule has 1 saturated heterocycles. The highest BCUT2D eigenvalue weighted by Crippen LogP contribution is 2.40. The summed E-state index contributed by atoms with van der Waals surface area (Å²) < 4.78 is 0. The van der Waals surface area contributed by atoms with E-state index >= 15 is 0 Å². The maximum absolute atomic E-state index is 13.3. The van der Waals surface area contributed by atoms with Crippen LogP contribution in [-0.2, 0) is 11.2 Å². The zero-order valence-electron chi connectivity index (χ0n) is 15.9. The number of aromatic nitrogens is 2. The van der Waals surface area contributed by atoms with Gasteiger partial charge in [-0.05, 0) is 53.4 Å². The molecule has 1 aromatic heterocycles. The maximum atomic E-state index is 13.3. The lowest BCUT2D eigenvalue weighted by atomic mass is 9.93. The molecule has 1 unspecified atom stereocenters. The van der Waals surface area contributed by atoms with Crippen LogP contribution in [0.2, 0.25) is 0 Å². The van der Waals surface area contributed by atoms with Gasteiger partial charge in [0.05, 0.1) is 11.7 Å². The average Bonchev–Trinajstić information content (AvgIpc) is 3.45. The number of carbonyl (C=O) groups is 1. The van der Waals surface area contributed by atoms with E-state index in [9.17, 15) is 4.79 Å². The number of aromatic amines is 1. The number of rotatable bonds is 2. The van der Waals surface area contributed by atoms with Gasteiger partial charge in [0, 0.05) is 29.7 Å². The van der Waals surface area contributed by atoms with Crippen LogP contribution >= 0.6 is 0 Å². The van der Waals surface area contributed by atoms with E-state index in [2.05, 4.69) is 51.9 Å². The lowest BCUT2D eigenvalue weighted by Gasteiger charge is -2.24. The number of anilines is 2. The largest absolute Gasteiger partial charge is 0.371 e. The number of benzene rings is 3. The Morgan fingerprint density at radius 3 is 2.66 bits per heavy atom. The molecule has 0 saturated carbocycles. The predicted molar refractivity (Wildman–Crippen MR) is 115 cm³/mol. The number of hydrogen-bond donors (Lipinski definition) is 2. The molecule has 29 heavy (non-hydrogen) atoms. The first-order valence-electron chi connectivity index (χ1n) is 9.94. The first-order chi connectivity index (χ1) is 14.2. The normalized spacial score (nSPS) is 20.4. The molecule has 1 fully saturated rings. The molecule has 1 spiro atoms. The molecular formula is C24H20N4O. The second-order valence-corrected chi connectivity index (χ2v) is 7.97. The van der Waals surface area contributed by atoms with Crippen molar-refractivity contribution in [3.05, 3.63) is 78.5 Å². The quantitative estimate of drug-likeness (QED) is 0.543. The zero-order valence-corrected chi connectivity index (χ0v) is 15.9. The highest BCUT2D eigenvalue weighted by molar-refractivity contribution is 6.06. The Morgan fingerprint density at radius 1 is 0.966 bits per heavy atom. The smallest absolute Gasteiger partial charge is 0.253 e. The average molecular weight is 380 g/mol. The van der Waals surface area contributed by atoms with Gasteiger partial charge in [-0.3, -0.25) is 9.89 Å². The number of H-pyrrole nitrogens is 1. The molecule has 142 valence electrons. The van der Waals surface area contributed by atoms with Gasteiger partial charge < -0.3 is 10.2 Å². The molecule has 3 aromatic carbocycles. The van der Waals surface area contributed by atoms with E-state index in [1.807, 2.05) is 41.4 Å². The Hall–Kier alpha value is -3.60. The molecule has 0 bridgehead atoms. The van der Waals surface area contributed by atoms with Crippen molar-refractivity contribution < 1.29 is 4.79 Å². The van der Waals surface area contributed by atoms with Gasteiger partial charge in [-0.2, -0.15) is 5.10 Å². The van der Waals surface area contributed by atoms with Crippen molar-refractivity contribution >= 4 is 28.2 Å². The van der Waals surface area contributed by atoms with E-state index < -0.39 is 5.54 Å². The molecule has 5 heteroatoms. The van der Waals surface area contributed by atoms with E-state index in [0.717, 1.165) is 52.8 Å². The van der Waals surface area contributed by atoms with E-state index in [1.54, 1.807) is 0 Å². The van der Waals surface area contributed by atoms with E-state index in [0.29, 0.717) is 0 Å². The van der Waals surface area contributed by atoms with Crippen molar-refractivity contribution in [3.63, 3.8) is 0 Å². The summed E-state index contributed by atoms with van der Waals surface area (Å²) in [4.78, 5) is 15.2. The van der Waals surface area contributed by atoms with E-state index in [1.165, 1.54) is 5.56 Å². The van der Waals surface area contributed by atoms with Gasteiger partial charge >= 0.3 is 0 Å². The summed E-state index contributed by atoms with van der Waals surface area (Å²) in [5.74, 6) is 0.168. The molecule has 4 aromatic rings. The Morgan fingerprint density at radius 2 is 1.79 bits per heavy atom. The molecular weight excluding hydrogens is 360 g/mol. The van der Waals surface area contributed by atoms with Crippen molar-refractivity contribution in [2.24, 2.45) is 0 Å². The molecule has 5 nitrogen and oxygen atoms in total. The van der Waals surface area contributed by atoms with Crippen LogP contribution in [0.4, 0.5) is 11.4 Å². The van der Waals surface area contributed by atoms with Crippen molar-refractivity contribution in [2.45, 2.75) is 18.4 Å². The first kappa shape index (κ1) is 16.4. The van der Waals surface area contributed by atoms with Crippen LogP contribution in [0.5, 0.6) is 0 Å². The van der Waals surface area contributed by atoms with Gasteiger partial charge in [0.2, 0.25) is 0 Å². The van der Waals surface area contributed by atoms with Gasteiger partial charge in [-0.25, -0.2) is 0 Å². The summed E-state index contributed by atoms with van der Waals surface area (Å²) >= 11 is 0. The summed E-state index contributed by atoms with van der Waals surface area (Å²) in [6, 6.07) is 22.8. The summed E-state index contributed by atoms with van der Waals surface area (Å²) in [6.45, 7) is 0.736. The third-order valence-electron chi connectivity index (χ3n) is 6.25. The van der Waals surface area contributed by atoms with Crippen LogP contribution in [0.3, 0.4) is 0 Å². The molecule has 0 aliphatic carbocycles. The monoisotopic (exact) mass is 380 g/mol. The molecule has 1 amide bonds. The molecule has 1 atom stereocenters. The van der Waals surface area contributed by atoms with Crippen molar-refractivity contribution in [1.82, 2.24) is 10.2 Å². The van der Waals surface area contributed by atoms with Crippen LogP contribution in [-0.4, -0.2) is 28.2 Å². The number of nitrogens with one attached hydrogen (secondary N) is 2. The fraction of sp³-hybridized carbons (Fsp3) is 0.167. The van der Waals surface area contributed by atoms with Crippen LogP contribution in [0, 0.1) is 0 Å². The molecule has 0 radical (unpaired) electrons. The molecule has 6 rings (SSSR count). The number of carbonyl (C=O) groups excluding carboxylic acids is 1. The van der Waals surface area contributed by atoms with Crippen LogP contribution in [0.1, 0.15) is 12.0 Å². The predicted octanol–water partition coefficient (Wildman–Crippen LogP) is 4.37. The summed E-state index contributed by atoms with van der Waals surface area (Å²) in [6.07, 6.45) is 3.42. The van der Waals surface area contributed by atoms with Gasteiger partial charge in [-0.1, -0.05) is 36.4 Å². The third kappa shape index (κ3) is 2.47. The van der Waals surface area contributed by atoms with Crippen LogP contribution in [0.25, 0.3) is 22.0 Å². The Balaban J connectivity index is 1.27. The Bertz CT molecular complexity index is 1220. The lowest BCUT2D eigenvalue weighted by Crippen LogP contribution is -2.45. The zero-order chi connectivity index (χ0) is 19.4. The minimum absolute atomic E-state index is 0.168. The Labute approximate surface area is 168 Å². The summed E-state index contributed by atoms with van der Waals surface area (Å²) in [5.41, 5.74) is 6.09. The molecule has 3 heterocycles. The van der Waals surface area contributed by atoms with E-state index in [4.69, 9.17) is 0 Å². The number of hydrogen-bond acceptors (Lipinski definition) is 3. The van der Waals surface area contributed by atoms with E-state index in [-0.39, 0.29) is 5.91 Å². The second-order valence-electron chi connectivity index (χ2n) is 7.97. The highest BCUT2D eigenvalue weighted by Gasteiger charge is 2.50. The van der Waals surface area contributed by atoms with Gasteiger partial charge in [0.1, 0.15) is 5.54 Å². The number of para-hydroxylation sites is 1. The minimum atomic E-state index is -0.491. The molecule has 2 N–H and O–H groups in total. The molecule has 2 aliphatic rings. The number of fused-ring (bicyclic) bond motifs is 2. The number of nitrogens with zero attached hydrogens (tertiary/aromatic N) is 2. The van der Waals surface area contributed by atoms with Gasteiger partial charge in [0.25, 0.3) is 5.91 Å². The summed E-state index contributed by atoms with van der Waals surface area (Å²) in [7, 11) is 0. The molecule has 2 aliphatic heterocycles. The minimum Gasteiger partial charge on any atom is -0.371 e.